The van der Waals surface area contributed by atoms with Crippen molar-refractivity contribution in [3.8, 4) is 5.75 Å². The van der Waals surface area contributed by atoms with Crippen LogP contribution in [0.1, 0.15) is 83.6 Å². The first-order valence-corrected chi connectivity index (χ1v) is 11.6. The molecule has 1 saturated heterocycles. The van der Waals surface area contributed by atoms with Gasteiger partial charge in [-0.2, -0.15) is 5.10 Å². The molecule has 2 aromatic rings. The molecule has 0 aliphatic carbocycles. The van der Waals surface area contributed by atoms with Gasteiger partial charge < -0.3 is 9.64 Å². The molecule has 0 unspecified atom stereocenters. The van der Waals surface area contributed by atoms with E-state index in [4.69, 9.17) is 4.74 Å². The number of aromatic nitrogens is 2. The van der Waals surface area contributed by atoms with Gasteiger partial charge in [-0.1, -0.05) is 47.5 Å². The molecule has 1 aromatic heterocycles. The number of carbonyl (C=O) groups is 2. The second-order valence-corrected chi connectivity index (χ2v) is 9.73. The first-order valence-electron chi connectivity index (χ1n) is 11.6. The summed E-state index contributed by atoms with van der Waals surface area (Å²) < 4.78 is 7.09. The van der Waals surface area contributed by atoms with E-state index in [-0.39, 0.29) is 18.2 Å². The highest BCUT2D eigenvalue weighted by Gasteiger charge is 2.36. The van der Waals surface area contributed by atoms with Crippen LogP contribution in [0.15, 0.2) is 18.2 Å². The monoisotopic (exact) mass is 427 g/mol. The minimum absolute atomic E-state index is 0.0252. The standard InChI is InChI=1S/C25H37N3O3/c1-7-9-17-11-12-18(10-8-2)28(17)22(29)16-27-21-15-19(31-6)13-14-20(21)23(26-27)24(30)25(3,4)5/h13-15,17-18H,7-12,16H2,1-6H3/t17-,18-/m1/s1. The highest BCUT2D eigenvalue weighted by molar-refractivity contribution is 6.08. The first-order chi connectivity index (χ1) is 14.7. The van der Waals surface area contributed by atoms with E-state index in [1.807, 2.05) is 39.0 Å². The van der Waals surface area contributed by atoms with Crippen molar-refractivity contribution in [3.63, 3.8) is 0 Å². The lowest BCUT2D eigenvalue weighted by atomic mass is 9.88. The molecule has 0 radical (unpaired) electrons. The van der Waals surface area contributed by atoms with Crippen molar-refractivity contribution in [2.75, 3.05) is 7.11 Å². The Morgan fingerprint density at radius 2 is 1.71 bits per heavy atom. The number of benzene rings is 1. The zero-order chi connectivity index (χ0) is 22.8. The summed E-state index contributed by atoms with van der Waals surface area (Å²) in [5.41, 5.74) is 0.636. The maximum absolute atomic E-state index is 13.5. The third kappa shape index (κ3) is 4.78. The second-order valence-electron chi connectivity index (χ2n) is 9.73. The number of fused-ring (bicyclic) bond motifs is 1. The molecule has 170 valence electrons. The average molecular weight is 428 g/mol. The van der Waals surface area contributed by atoms with Crippen LogP contribution in [0.5, 0.6) is 5.75 Å². The molecule has 0 spiro atoms. The zero-order valence-electron chi connectivity index (χ0n) is 19.9. The van der Waals surface area contributed by atoms with Crippen molar-refractivity contribution < 1.29 is 14.3 Å². The van der Waals surface area contributed by atoms with E-state index in [1.165, 1.54) is 0 Å². The summed E-state index contributed by atoms with van der Waals surface area (Å²) in [5, 5.41) is 5.42. The number of hydrogen-bond acceptors (Lipinski definition) is 4. The minimum atomic E-state index is -0.552. The molecule has 2 heterocycles. The molecule has 0 bridgehead atoms. The molecule has 1 aromatic carbocycles. The lowest BCUT2D eigenvalue weighted by molar-refractivity contribution is -0.135. The zero-order valence-corrected chi connectivity index (χ0v) is 19.9. The van der Waals surface area contributed by atoms with Gasteiger partial charge in [0.25, 0.3) is 0 Å². The smallest absolute Gasteiger partial charge is 0.244 e. The molecule has 3 rings (SSSR count). The van der Waals surface area contributed by atoms with E-state index in [1.54, 1.807) is 11.8 Å². The topological polar surface area (TPSA) is 64.4 Å². The molecule has 1 aliphatic rings. The van der Waals surface area contributed by atoms with Gasteiger partial charge in [-0.25, -0.2) is 0 Å². The van der Waals surface area contributed by atoms with E-state index in [9.17, 15) is 9.59 Å². The van der Waals surface area contributed by atoms with Crippen LogP contribution in [-0.2, 0) is 11.3 Å². The number of nitrogens with zero attached hydrogens (tertiary/aromatic N) is 3. The van der Waals surface area contributed by atoms with Crippen molar-refractivity contribution in [1.82, 2.24) is 14.7 Å². The maximum Gasteiger partial charge on any atom is 0.244 e. The van der Waals surface area contributed by atoms with Crippen molar-refractivity contribution in [3.05, 3.63) is 23.9 Å². The summed E-state index contributed by atoms with van der Waals surface area (Å²) in [7, 11) is 1.61. The highest BCUT2D eigenvalue weighted by Crippen LogP contribution is 2.32. The van der Waals surface area contributed by atoms with Gasteiger partial charge in [0, 0.05) is 29.0 Å². The largest absolute Gasteiger partial charge is 0.497 e. The Bertz CT molecular complexity index is 927. The van der Waals surface area contributed by atoms with Gasteiger partial charge in [0.2, 0.25) is 5.91 Å². The van der Waals surface area contributed by atoms with Crippen LogP contribution in [0.25, 0.3) is 10.9 Å². The Morgan fingerprint density at radius 3 is 2.23 bits per heavy atom. The highest BCUT2D eigenvalue weighted by atomic mass is 16.5. The second kappa shape index (κ2) is 9.41. The van der Waals surface area contributed by atoms with Crippen molar-refractivity contribution in [2.45, 2.75) is 91.8 Å². The van der Waals surface area contributed by atoms with Gasteiger partial charge >= 0.3 is 0 Å². The molecule has 2 atom stereocenters. The molecule has 1 amide bonds. The van der Waals surface area contributed by atoms with Crippen LogP contribution >= 0.6 is 0 Å². The molecule has 6 heteroatoms. The van der Waals surface area contributed by atoms with Gasteiger partial charge in [0.1, 0.15) is 18.0 Å². The number of amides is 1. The summed E-state index contributed by atoms with van der Waals surface area (Å²) in [6, 6.07) is 6.19. The fourth-order valence-electron chi connectivity index (χ4n) is 4.74. The summed E-state index contributed by atoms with van der Waals surface area (Å²) in [4.78, 5) is 28.7. The van der Waals surface area contributed by atoms with E-state index >= 15 is 0 Å². The Balaban J connectivity index is 1.99. The van der Waals surface area contributed by atoms with Crippen molar-refractivity contribution in [2.24, 2.45) is 5.41 Å². The molecule has 31 heavy (non-hydrogen) atoms. The number of likely N-dealkylation sites (tertiary alicyclic amines) is 1. The number of methoxy groups -OCH3 is 1. The number of ketones is 1. The van der Waals surface area contributed by atoms with Gasteiger partial charge in [0.05, 0.1) is 12.6 Å². The molecular weight excluding hydrogens is 390 g/mol. The number of rotatable bonds is 8. The van der Waals surface area contributed by atoms with E-state index in [0.717, 1.165) is 49.4 Å². The summed E-state index contributed by atoms with van der Waals surface area (Å²) in [5.74, 6) is 0.754. The van der Waals surface area contributed by atoms with Gasteiger partial charge in [-0.3, -0.25) is 14.3 Å². The number of ether oxygens (including phenoxy) is 1. The molecule has 0 saturated carbocycles. The van der Waals surface area contributed by atoms with Gasteiger partial charge in [-0.15, -0.1) is 0 Å². The summed E-state index contributed by atoms with van der Waals surface area (Å²) in [6.45, 7) is 10.2. The van der Waals surface area contributed by atoms with Crippen LogP contribution in [-0.4, -0.2) is 45.6 Å². The average Bonchev–Trinajstić information content (AvgIpc) is 3.28. The molecule has 6 nitrogen and oxygen atoms in total. The Kier molecular flexibility index (Phi) is 7.07. The number of carbonyl (C=O) groups excluding carboxylic acids is 2. The fourth-order valence-corrected chi connectivity index (χ4v) is 4.74. The van der Waals surface area contributed by atoms with Crippen molar-refractivity contribution in [1.29, 1.82) is 0 Å². The predicted molar refractivity (Wildman–Crippen MR) is 124 cm³/mol. The van der Waals surface area contributed by atoms with Crippen LogP contribution < -0.4 is 4.74 Å². The van der Waals surface area contributed by atoms with Crippen molar-refractivity contribution >= 4 is 22.6 Å². The van der Waals surface area contributed by atoms with Gasteiger partial charge in [0.15, 0.2) is 5.78 Å². The fraction of sp³-hybridized carbons (Fsp3) is 0.640. The Hall–Kier alpha value is -2.37. The lowest BCUT2D eigenvalue weighted by Gasteiger charge is -2.30. The Labute approximate surface area is 185 Å². The lowest BCUT2D eigenvalue weighted by Crippen LogP contribution is -2.43. The SMILES string of the molecule is CCC[C@@H]1CC[C@@H](CCC)N1C(=O)Cn1nc(C(=O)C(C)(C)C)c2ccc(OC)cc21. The molecule has 1 aliphatic heterocycles. The minimum Gasteiger partial charge on any atom is -0.497 e. The van der Waals surface area contributed by atoms with E-state index in [2.05, 4.69) is 23.8 Å². The quantitative estimate of drug-likeness (QED) is 0.541. The van der Waals surface area contributed by atoms with Crippen LogP contribution in [0.3, 0.4) is 0 Å². The van der Waals surface area contributed by atoms with Crippen LogP contribution in [0.2, 0.25) is 0 Å². The maximum atomic E-state index is 13.5. The van der Waals surface area contributed by atoms with Crippen LogP contribution in [0, 0.1) is 5.41 Å². The normalized spacial score (nSPS) is 19.2. The number of hydrogen-bond donors (Lipinski definition) is 0. The molecule has 1 fully saturated rings. The first kappa shape index (κ1) is 23.3. The van der Waals surface area contributed by atoms with Gasteiger partial charge in [-0.05, 0) is 37.8 Å². The summed E-state index contributed by atoms with van der Waals surface area (Å²) >= 11 is 0. The van der Waals surface area contributed by atoms with E-state index < -0.39 is 5.41 Å². The third-order valence-corrected chi connectivity index (χ3v) is 6.29. The summed E-state index contributed by atoms with van der Waals surface area (Å²) in [6.07, 6.45) is 6.36. The van der Waals surface area contributed by atoms with E-state index in [0.29, 0.717) is 23.5 Å². The number of Topliss-reactive ketones (excluding diaryl/α,β-unsaturated/α-hetero) is 1. The predicted octanol–water partition coefficient (Wildman–Crippen LogP) is 5.23. The molecule has 0 N–H and O–H groups in total. The van der Waals surface area contributed by atoms with Crippen LogP contribution in [0.4, 0.5) is 0 Å². The Morgan fingerprint density at radius 1 is 1.10 bits per heavy atom. The third-order valence-electron chi connectivity index (χ3n) is 6.29. The molecular formula is C25H37N3O3.